The first kappa shape index (κ1) is 21.5. The molecule has 2 aliphatic rings. The summed E-state index contributed by atoms with van der Waals surface area (Å²) in [5.41, 5.74) is 4.85. The van der Waals surface area contributed by atoms with Crippen LogP contribution in [0.25, 0.3) is 11.3 Å². The molecule has 2 aromatic carbocycles. The van der Waals surface area contributed by atoms with Gasteiger partial charge in [-0.2, -0.15) is 0 Å². The Hall–Kier alpha value is -2.32. The molecule has 168 valence electrons. The molecular weight excluding hydrogens is 446 g/mol. The second-order valence-electron chi connectivity index (χ2n) is 8.17. The normalized spacial score (nSPS) is 18.7. The van der Waals surface area contributed by atoms with Crippen molar-refractivity contribution in [2.24, 2.45) is 0 Å². The molecule has 32 heavy (non-hydrogen) atoms. The van der Waals surface area contributed by atoms with E-state index >= 15 is 0 Å². The molecule has 1 atom stereocenters. The van der Waals surface area contributed by atoms with E-state index in [-0.39, 0.29) is 10.9 Å². The van der Waals surface area contributed by atoms with Gasteiger partial charge in [0.1, 0.15) is 0 Å². The van der Waals surface area contributed by atoms with Crippen molar-refractivity contribution in [2.45, 2.75) is 23.8 Å². The molecule has 0 radical (unpaired) electrons. The third-order valence-electron chi connectivity index (χ3n) is 6.38. The average molecular weight is 472 g/mol. The van der Waals surface area contributed by atoms with E-state index in [9.17, 15) is 8.42 Å². The Labute approximate surface area is 193 Å². The monoisotopic (exact) mass is 471 g/mol. The third kappa shape index (κ3) is 3.63. The number of morpholine rings is 1. The van der Waals surface area contributed by atoms with Crippen LogP contribution < -0.4 is 10.2 Å². The standard InChI is InChI=1S/C24H26ClN3O3S/c1-26-22-10-9-19-21(22)16-28(32(29,30)18-6-4-5-17(25)15-18)24(19)20-7-2-3-8-23(20)27-11-13-31-14-12-27/h2-8,15-16,22,26H,9-14H2,1H3. The predicted octanol–water partition coefficient (Wildman–Crippen LogP) is 4.09. The second-order valence-corrected chi connectivity index (χ2v) is 10.4. The van der Waals surface area contributed by atoms with E-state index in [0.29, 0.717) is 18.2 Å². The van der Waals surface area contributed by atoms with Crippen LogP contribution in [-0.2, 0) is 21.2 Å². The third-order valence-corrected chi connectivity index (χ3v) is 8.27. The highest BCUT2D eigenvalue weighted by molar-refractivity contribution is 7.90. The summed E-state index contributed by atoms with van der Waals surface area (Å²) in [7, 11) is -1.92. The molecule has 1 aliphatic heterocycles. The van der Waals surface area contributed by atoms with Gasteiger partial charge in [-0.3, -0.25) is 0 Å². The van der Waals surface area contributed by atoms with E-state index in [1.807, 2.05) is 25.2 Å². The lowest BCUT2D eigenvalue weighted by Gasteiger charge is -2.31. The molecule has 0 saturated carbocycles. The van der Waals surface area contributed by atoms with Crippen LogP contribution in [0, 0.1) is 0 Å². The van der Waals surface area contributed by atoms with Gasteiger partial charge in [0.15, 0.2) is 0 Å². The minimum absolute atomic E-state index is 0.134. The largest absolute Gasteiger partial charge is 0.378 e. The fourth-order valence-electron chi connectivity index (χ4n) is 4.81. The van der Waals surface area contributed by atoms with Crippen molar-refractivity contribution < 1.29 is 13.2 Å². The lowest BCUT2D eigenvalue weighted by Crippen LogP contribution is -2.36. The number of nitrogens with zero attached hydrogens (tertiary/aromatic N) is 2. The first-order valence-corrected chi connectivity index (χ1v) is 12.7. The van der Waals surface area contributed by atoms with Crippen molar-refractivity contribution in [1.82, 2.24) is 9.29 Å². The molecule has 0 amide bonds. The van der Waals surface area contributed by atoms with Crippen LogP contribution in [0.3, 0.4) is 0 Å². The topological polar surface area (TPSA) is 63.6 Å². The fraction of sp³-hybridized carbons (Fsp3) is 0.333. The zero-order chi connectivity index (χ0) is 22.3. The van der Waals surface area contributed by atoms with Crippen molar-refractivity contribution in [3.05, 3.63) is 70.9 Å². The van der Waals surface area contributed by atoms with Crippen molar-refractivity contribution in [3.8, 4) is 11.3 Å². The van der Waals surface area contributed by atoms with E-state index in [1.54, 1.807) is 24.4 Å². The van der Waals surface area contributed by atoms with Gasteiger partial charge in [-0.05, 0) is 55.3 Å². The van der Waals surface area contributed by atoms with Gasteiger partial charge >= 0.3 is 0 Å². The number of anilines is 1. The summed E-state index contributed by atoms with van der Waals surface area (Å²) in [6, 6.07) is 14.7. The quantitative estimate of drug-likeness (QED) is 0.607. The van der Waals surface area contributed by atoms with Crippen molar-refractivity contribution >= 4 is 27.3 Å². The number of ether oxygens (including phenoxy) is 1. The minimum atomic E-state index is -3.84. The Bertz CT molecular complexity index is 1250. The van der Waals surface area contributed by atoms with E-state index in [0.717, 1.165) is 54.0 Å². The molecule has 1 fully saturated rings. The van der Waals surface area contributed by atoms with Gasteiger partial charge in [0.2, 0.25) is 0 Å². The van der Waals surface area contributed by atoms with Gasteiger partial charge in [-0.25, -0.2) is 12.4 Å². The first-order chi connectivity index (χ1) is 15.5. The highest BCUT2D eigenvalue weighted by Gasteiger charge is 2.33. The Morgan fingerprint density at radius 3 is 2.62 bits per heavy atom. The maximum atomic E-state index is 13.8. The van der Waals surface area contributed by atoms with E-state index in [2.05, 4.69) is 16.3 Å². The average Bonchev–Trinajstić information content (AvgIpc) is 3.39. The molecule has 6 nitrogen and oxygen atoms in total. The molecular formula is C24H26ClN3O3S. The molecule has 1 saturated heterocycles. The Morgan fingerprint density at radius 1 is 1.09 bits per heavy atom. The summed E-state index contributed by atoms with van der Waals surface area (Å²) in [6.45, 7) is 2.88. The molecule has 3 aromatic rings. The molecule has 1 N–H and O–H groups in total. The summed E-state index contributed by atoms with van der Waals surface area (Å²) in [5, 5.41) is 3.73. The second kappa shape index (κ2) is 8.56. The van der Waals surface area contributed by atoms with Crippen molar-refractivity contribution in [3.63, 3.8) is 0 Å². The molecule has 1 aromatic heterocycles. The number of aromatic nitrogens is 1. The number of halogens is 1. The molecule has 8 heteroatoms. The molecule has 0 spiro atoms. The number of benzene rings is 2. The maximum Gasteiger partial charge on any atom is 0.268 e. The van der Waals surface area contributed by atoms with Gasteiger partial charge in [-0.1, -0.05) is 35.9 Å². The summed E-state index contributed by atoms with van der Waals surface area (Å²) in [4.78, 5) is 2.46. The van der Waals surface area contributed by atoms with E-state index < -0.39 is 10.0 Å². The molecule has 2 heterocycles. The fourth-order valence-corrected chi connectivity index (χ4v) is 6.52. The summed E-state index contributed by atoms with van der Waals surface area (Å²) in [6.07, 6.45) is 3.57. The molecule has 1 unspecified atom stereocenters. The highest BCUT2D eigenvalue weighted by Crippen LogP contribution is 2.43. The lowest BCUT2D eigenvalue weighted by molar-refractivity contribution is 0.123. The SMILES string of the molecule is CNC1CCc2c1cn(S(=O)(=O)c1cccc(Cl)c1)c2-c1ccccc1N1CCOCC1. The molecule has 5 rings (SSSR count). The maximum absolute atomic E-state index is 13.8. The zero-order valence-electron chi connectivity index (χ0n) is 17.9. The van der Waals surface area contributed by atoms with Gasteiger partial charge in [0.05, 0.1) is 23.8 Å². The summed E-state index contributed by atoms with van der Waals surface area (Å²) in [5.74, 6) is 0. The number of hydrogen-bond donors (Lipinski definition) is 1. The van der Waals surface area contributed by atoms with Crippen LogP contribution >= 0.6 is 11.6 Å². The van der Waals surface area contributed by atoms with Crippen LogP contribution in [0.15, 0.2) is 59.6 Å². The predicted molar refractivity (Wildman–Crippen MR) is 127 cm³/mol. The Balaban J connectivity index is 1.74. The van der Waals surface area contributed by atoms with Crippen molar-refractivity contribution in [1.29, 1.82) is 0 Å². The van der Waals surface area contributed by atoms with Crippen molar-refractivity contribution in [2.75, 3.05) is 38.3 Å². The number of rotatable bonds is 5. The number of para-hydroxylation sites is 1. The van der Waals surface area contributed by atoms with Crippen LogP contribution in [0.5, 0.6) is 0 Å². The van der Waals surface area contributed by atoms with Gasteiger partial charge in [0, 0.05) is 41.6 Å². The minimum Gasteiger partial charge on any atom is -0.378 e. The smallest absolute Gasteiger partial charge is 0.268 e. The number of fused-ring (bicyclic) bond motifs is 1. The molecule has 0 bridgehead atoms. The number of nitrogens with one attached hydrogen (secondary N) is 1. The number of hydrogen-bond acceptors (Lipinski definition) is 5. The summed E-state index contributed by atoms with van der Waals surface area (Å²) >= 11 is 6.14. The van der Waals surface area contributed by atoms with Gasteiger partial charge in [0.25, 0.3) is 10.0 Å². The lowest BCUT2D eigenvalue weighted by atomic mass is 10.0. The Morgan fingerprint density at radius 2 is 1.88 bits per heavy atom. The van der Waals surface area contributed by atoms with E-state index in [1.165, 1.54) is 10.0 Å². The van der Waals surface area contributed by atoms with Gasteiger partial charge < -0.3 is 15.0 Å². The summed E-state index contributed by atoms with van der Waals surface area (Å²) < 4.78 is 34.6. The van der Waals surface area contributed by atoms with Gasteiger partial charge in [-0.15, -0.1) is 0 Å². The zero-order valence-corrected chi connectivity index (χ0v) is 19.5. The van der Waals surface area contributed by atoms with E-state index in [4.69, 9.17) is 16.3 Å². The van der Waals surface area contributed by atoms with Crippen LogP contribution in [0.4, 0.5) is 5.69 Å². The Kier molecular flexibility index (Phi) is 5.75. The van der Waals surface area contributed by atoms with Crippen LogP contribution in [0.1, 0.15) is 23.6 Å². The van der Waals surface area contributed by atoms with Crippen LogP contribution in [-0.4, -0.2) is 45.7 Å². The highest BCUT2D eigenvalue weighted by atomic mass is 35.5. The van der Waals surface area contributed by atoms with Crippen LogP contribution in [0.2, 0.25) is 5.02 Å². The molecule has 1 aliphatic carbocycles. The first-order valence-electron chi connectivity index (χ1n) is 10.9.